The molecule has 0 radical (unpaired) electrons. The highest BCUT2D eigenvalue weighted by molar-refractivity contribution is 7.08. The number of hydrogen-bond acceptors (Lipinski definition) is 6. The van der Waals surface area contributed by atoms with Crippen LogP contribution in [0.15, 0.2) is 48.8 Å². The molecule has 1 aliphatic carbocycles. The summed E-state index contributed by atoms with van der Waals surface area (Å²) in [7, 11) is 0. The molecular weight excluding hydrogens is 560 g/mol. The van der Waals surface area contributed by atoms with Crippen LogP contribution in [0.1, 0.15) is 63.4 Å². The Morgan fingerprint density at radius 2 is 1.90 bits per heavy atom. The molecule has 2 aromatic heterocycles. The van der Waals surface area contributed by atoms with Crippen LogP contribution in [0, 0.1) is 5.92 Å². The van der Waals surface area contributed by atoms with Crippen molar-refractivity contribution in [1.82, 2.24) is 19.6 Å². The number of hydrogen-bond donors (Lipinski definition) is 1. The maximum absolute atomic E-state index is 13.8. The third-order valence-corrected chi connectivity index (χ3v) is 9.12. The van der Waals surface area contributed by atoms with Crippen LogP contribution in [0.5, 0.6) is 0 Å². The number of anilines is 1. The Bertz CT molecular complexity index is 1460. The number of nitrogens with one attached hydrogen (secondary N) is 1. The van der Waals surface area contributed by atoms with Crippen molar-refractivity contribution in [2.45, 2.75) is 43.6 Å². The number of carbonyl (C=O) groups excluding carboxylic acids is 3. The zero-order valence-corrected chi connectivity index (χ0v) is 22.9. The van der Waals surface area contributed by atoms with Crippen molar-refractivity contribution in [3.05, 3.63) is 75.5 Å². The molecule has 1 saturated carbocycles. The zero-order valence-electron chi connectivity index (χ0n) is 21.4. The van der Waals surface area contributed by atoms with Crippen LogP contribution >= 0.6 is 23.1 Å². The summed E-state index contributed by atoms with van der Waals surface area (Å²) >= 11 is 7.05. The van der Waals surface area contributed by atoms with Gasteiger partial charge in [0.2, 0.25) is 5.91 Å². The van der Waals surface area contributed by atoms with E-state index in [1.807, 2.05) is 29.2 Å². The topological polar surface area (TPSA) is 95.5 Å². The van der Waals surface area contributed by atoms with Crippen LogP contribution in [0.2, 0.25) is 5.02 Å². The number of alkyl halides is 2. The summed E-state index contributed by atoms with van der Waals surface area (Å²) in [4.78, 5) is 47.1. The summed E-state index contributed by atoms with van der Waals surface area (Å²) in [6.45, 7) is 1.23. The summed E-state index contributed by atoms with van der Waals surface area (Å²) in [5.74, 6) is -0.474. The van der Waals surface area contributed by atoms with E-state index in [1.54, 1.807) is 17.2 Å². The lowest BCUT2D eigenvalue weighted by molar-refractivity contribution is -0.128. The number of fused-ring (bicyclic) bond motifs is 2. The number of para-hydroxylation sites is 1. The molecule has 1 aromatic carbocycles. The predicted octanol–water partition coefficient (Wildman–Crippen LogP) is 4.86. The Balaban J connectivity index is 1.09. The lowest BCUT2D eigenvalue weighted by Crippen LogP contribution is -2.65. The average molecular weight is 586 g/mol. The second-order valence-electron chi connectivity index (χ2n) is 10.6. The van der Waals surface area contributed by atoms with Crippen LogP contribution in [-0.2, 0) is 10.2 Å². The molecular formula is C28H26ClF2N5O3S. The molecule has 3 aromatic rings. The van der Waals surface area contributed by atoms with Crippen molar-refractivity contribution in [2.24, 2.45) is 5.92 Å². The van der Waals surface area contributed by atoms with E-state index >= 15 is 0 Å². The standard InChI is InChI=1S/C28H26ClF2N5O3S/c29-17-11-19(23(24(30)31)32-12-17)25(37)34-18-7-5-16(6-8-18)13-36-21-4-2-1-3-20(21)28(27(36)39)14-35(15-28)26(38)22-9-10-33-40-22/h1-4,9-12,16,18,24H,5-8,13-15H2,(H,34,37). The van der Waals surface area contributed by atoms with E-state index in [9.17, 15) is 23.2 Å². The lowest BCUT2D eigenvalue weighted by Gasteiger charge is -2.46. The number of likely N-dealkylation sites (tertiary alicyclic amines) is 1. The number of halogens is 3. The van der Waals surface area contributed by atoms with Gasteiger partial charge < -0.3 is 15.1 Å². The summed E-state index contributed by atoms with van der Waals surface area (Å²) in [5, 5.41) is 2.98. The Labute approximate surface area is 238 Å². The maximum Gasteiger partial charge on any atom is 0.281 e. The van der Waals surface area contributed by atoms with Crippen molar-refractivity contribution in [3.63, 3.8) is 0 Å². The highest BCUT2D eigenvalue weighted by Gasteiger charge is 2.59. The molecule has 12 heteroatoms. The van der Waals surface area contributed by atoms with Gasteiger partial charge in [0.25, 0.3) is 18.2 Å². The van der Waals surface area contributed by atoms with E-state index in [1.165, 1.54) is 6.07 Å². The minimum absolute atomic E-state index is 0.0189. The molecule has 2 aliphatic heterocycles. The van der Waals surface area contributed by atoms with E-state index < -0.39 is 23.4 Å². The second kappa shape index (κ2) is 10.5. The van der Waals surface area contributed by atoms with Gasteiger partial charge in [0.1, 0.15) is 16.0 Å². The molecule has 1 N–H and O–H groups in total. The smallest absolute Gasteiger partial charge is 0.281 e. The van der Waals surface area contributed by atoms with Gasteiger partial charge in [-0.05, 0) is 66.9 Å². The third-order valence-electron chi connectivity index (χ3n) is 8.18. The molecule has 3 amide bonds. The van der Waals surface area contributed by atoms with Crippen molar-refractivity contribution < 1.29 is 23.2 Å². The number of nitrogens with zero attached hydrogens (tertiary/aromatic N) is 4. The quantitative estimate of drug-likeness (QED) is 0.446. The normalized spacial score (nSPS) is 21.4. The summed E-state index contributed by atoms with van der Waals surface area (Å²) in [6, 6.07) is 10.5. The summed E-state index contributed by atoms with van der Waals surface area (Å²) < 4.78 is 30.7. The Morgan fingerprint density at radius 3 is 2.60 bits per heavy atom. The summed E-state index contributed by atoms with van der Waals surface area (Å²) in [6.07, 6.45) is 2.70. The van der Waals surface area contributed by atoms with Gasteiger partial charge in [0.05, 0.1) is 10.6 Å². The van der Waals surface area contributed by atoms with Gasteiger partial charge in [-0.3, -0.25) is 19.4 Å². The molecule has 8 nitrogen and oxygen atoms in total. The molecule has 6 rings (SSSR count). The number of benzene rings is 1. The molecule has 0 bridgehead atoms. The average Bonchev–Trinajstić information content (AvgIpc) is 3.54. The van der Waals surface area contributed by atoms with Crippen molar-refractivity contribution in [1.29, 1.82) is 0 Å². The molecule has 40 heavy (non-hydrogen) atoms. The second-order valence-corrected chi connectivity index (χ2v) is 11.9. The Kier molecular flexibility index (Phi) is 7.03. The number of aromatic nitrogens is 2. The lowest BCUT2D eigenvalue weighted by atomic mass is 9.74. The van der Waals surface area contributed by atoms with E-state index in [-0.39, 0.29) is 34.4 Å². The van der Waals surface area contributed by atoms with Gasteiger partial charge in [-0.2, -0.15) is 0 Å². The zero-order chi connectivity index (χ0) is 28.0. The van der Waals surface area contributed by atoms with Gasteiger partial charge in [-0.15, -0.1) is 0 Å². The minimum atomic E-state index is -2.88. The number of pyridine rings is 1. The predicted molar refractivity (Wildman–Crippen MR) is 146 cm³/mol. The number of rotatable bonds is 6. The molecule has 2 fully saturated rings. The van der Waals surface area contributed by atoms with Crippen LogP contribution in [0.4, 0.5) is 14.5 Å². The van der Waals surface area contributed by atoms with Crippen LogP contribution in [0.3, 0.4) is 0 Å². The van der Waals surface area contributed by atoms with Gasteiger partial charge in [0, 0.05) is 43.8 Å². The molecule has 0 atom stereocenters. The maximum atomic E-state index is 13.8. The first-order valence-electron chi connectivity index (χ1n) is 13.1. The molecule has 1 saturated heterocycles. The van der Waals surface area contributed by atoms with E-state index in [4.69, 9.17) is 11.6 Å². The third kappa shape index (κ3) is 4.64. The molecule has 4 heterocycles. The molecule has 3 aliphatic rings. The highest BCUT2D eigenvalue weighted by Crippen LogP contribution is 2.48. The highest BCUT2D eigenvalue weighted by atomic mass is 35.5. The number of carbonyl (C=O) groups is 3. The number of amides is 3. The fourth-order valence-electron chi connectivity index (χ4n) is 6.13. The molecule has 0 unspecified atom stereocenters. The Morgan fingerprint density at radius 1 is 1.15 bits per heavy atom. The van der Waals surface area contributed by atoms with Gasteiger partial charge >= 0.3 is 0 Å². The molecule has 1 spiro atoms. The first kappa shape index (κ1) is 26.8. The van der Waals surface area contributed by atoms with Crippen molar-refractivity contribution >= 4 is 46.5 Å². The Hall–Kier alpha value is -3.44. The fraction of sp³-hybridized carbons (Fsp3) is 0.393. The van der Waals surface area contributed by atoms with E-state index in [0.29, 0.717) is 37.4 Å². The SMILES string of the molecule is O=C(NC1CCC(CN2C(=O)C3(CN(C(=O)c4ccns4)C3)c3ccccc32)CC1)c1cc(Cl)cnc1C(F)F. The van der Waals surface area contributed by atoms with Gasteiger partial charge in [0.15, 0.2) is 0 Å². The largest absolute Gasteiger partial charge is 0.349 e. The van der Waals surface area contributed by atoms with Crippen molar-refractivity contribution in [3.8, 4) is 0 Å². The van der Waals surface area contributed by atoms with Gasteiger partial charge in [-0.25, -0.2) is 13.2 Å². The first-order chi connectivity index (χ1) is 19.3. The van der Waals surface area contributed by atoms with Crippen LogP contribution in [0.25, 0.3) is 0 Å². The minimum Gasteiger partial charge on any atom is -0.349 e. The fourth-order valence-corrected chi connectivity index (χ4v) is 6.85. The monoisotopic (exact) mass is 585 g/mol. The summed E-state index contributed by atoms with van der Waals surface area (Å²) in [5.41, 5.74) is 0.326. The first-order valence-corrected chi connectivity index (χ1v) is 14.3. The van der Waals surface area contributed by atoms with E-state index in [0.717, 1.165) is 41.8 Å². The van der Waals surface area contributed by atoms with Crippen LogP contribution < -0.4 is 10.2 Å². The van der Waals surface area contributed by atoms with E-state index in [2.05, 4.69) is 14.7 Å². The van der Waals surface area contributed by atoms with Gasteiger partial charge in [-0.1, -0.05) is 29.8 Å². The molecule has 208 valence electrons. The van der Waals surface area contributed by atoms with Crippen LogP contribution in [-0.4, -0.2) is 57.7 Å². The van der Waals surface area contributed by atoms with Crippen molar-refractivity contribution in [2.75, 3.05) is 24.5 Å².